The van der Waals surface area contributed by atoms with Gasteiger partial charge in [0.1, 0.15) is 18.0 Å². The van der Waals surface area contributed by atoms with Crippen molar-refractivity contribution in [3.8, 4) is 11.5 Å². The number of aryl methyl sites for hydroxylation is 1. The summed E-state index contributed by atoms with van der Waals surface area (Å²) in [7, 11) is 1.63. The van der Waals surface area contributed by atoms with Gasteiger partial charge >= 0.3 is 0 Å². The van der Waals surface area contributed by atoms with Crippen molar-refractivity contribution in [1.29, 1.82) is 0 Å². The Labute approximate surface area is 199 Å². The molecule has 0 saturated carbocycles. The molecular weight excluding hydrogens is 435 g/mol. The van der Waals surface area contributed by atoms with Crippen LogP contribution in [0.15, 0.2) is 36.7 Å². The number of likely N-dealkylation sites (tertiary alicyclic amines) is 1. The number of hydrogen-bond donors (Lipinski definition) is 1. The molecule has 2 saturated heterocycles. The zero-order valence-electron chi connectivity index (χ0n) is 19.7. The van der Waals surface area contributed by atoms with Crippen LogP contribution in [0.2, 0.25) is 0 Å². The molecule has 0 bridgehead atoms. The number of hydrogen-bond acceptors (Lipinski definition) is 7. The van der Waals surface area contributed by atoms with Gasteiger partial charge in [-0.2, -0.15) is 0 Å². The molecule has 7 nitrogen and oxygen atoms in total. The maximum Gasteiger partial charge on any atom is 0.162 e. The topological polar surface area (TPSA) is 68.7 Å². The number of methoxy groups -OCH3 is 1. The third-order valence-electron chi connectivity index (χ3n) is 6.73. The molecule has 34 heavy (non-hydrogen) atoms. The third kappa shape index (κ3) is 4.93. The molecule has 0 aliphatic carbocycles. The van der Waals surface area contributed by atoms with E-state index < -0.39 is 0 Å². The normalized spacial score (nSPS) is 20.3. The van der Waals surface area contributed by atoms with Crippen molar-refractivity contribution in [1.82, 2.24) is 14.9 Å². The van der Waals surface area contributed by atoms with Gasteiger partial charge in [0.05, 0.1) is 25.3 Å². The molecule has 1 aromatic heterocycles. The van der Waals surface area contributed by atoms with E-state index in [1.807, 2.05) is 12.1 Å². The van der Waals surface area contributed by atoms with Crippen molar-refractivity contribution in [2.24, 2.45) is 5.92 Å². The first-order valence-corrected chi connectivity index (χ1v) is 11.9. The van der Waals surface area contributed by atoms with E-state index in [1.54, 1.807) is 26.2 Å². The van der Waals surface area contributed by atoms with Crippen LogP contribution in [0.4, 0.5) is 15.9 Å². The monoisotopic (exact) mass is 466 g/mol. The van der Waals surface area contributed by atoms with Gasteiger partial charge in [-0.1, -0.05) is 0 Å². The minimum Gasteiger partial charge on any atom is -0.493 e. The summed E-state index contributed by atoms with van der Waals surface area (Å²) in [6, 6.07) is 8.65. The summed E-state index contributed by atoms with van der Waals surface area (Å²) >= 11 is 0. The van der Waals surface area contributed by atoms with E-state index in [2.05, 4.69) is 20.2 Å². The fourth-order valence-electron chi connectivity index (χ4n) is 4.92. The lowest BCUT2D eigenvalue weighted by Gasteiger charge is -2.24. The van der Waals surface area contributed by atoms with E-state index in [1.165, 1.54) is 25.2 Å². The van der Waals surface area contributed by atoms with E-state index >= 15 is 0 Å². The van der Waals surface area contributed by atoms with Gasteiger partial charge in [0.25, 0.3) is 0 Å². The molecule has 2 unspecified atom stereocenters. The second-order valence-electron chi connectivity index (χ2n) is 9.10. The molecule has 2 atom stereocenters. The van der Waals surface area contributed by atoms with Crippen molar-refractivity contribution in [3.63, 3.8) is 0 Å². The Morgan fingerprint density at radius 2 is 2.09 bits per heavy atom. The van der Waals surface area contributed by atoms with E-state index in [-0.39, 0.29) is 5.82 Å². The lowest BCUT2D eigenvalue weighted by atomic mass is 9.98. The Kier molecular flexibility index (Phi) is 6.78. The maximum atomic E-state index is 13.7. The third-order valence-corrected chi connectivity index (χ3v) is 6.73. The van der Waals surface area contributed by atoms with Gasteiger partial charge in [0.15, 0.2) is 11.5 Å². The van der Waals surface area contributed by atoms with Crippen molar-refractivity contribution in [2.75, 3.05) is 45.3 Å². The highest BCUT2D eigenvalue weighted by Gasteiger charge is 2.34. The maximum absolute atomic E-state index is 13.7. The first-order valence-electron chi connectivity index (χ1n) is 11.9. The van der Waals surface area contributed by atoms with Crippen LogP contribution in [-0.4, -0.2) is 60.9 Å². The second-order valence-corrected chi connectivity index (χ2v) is 9.10. The standard InChI is InChI=1S/C26H31FN4O3/c1-17-11-19(6-7-21(17)27)30-26-20-12-24(23(32-2)13-22(20)28-16-29-26)33-10-4-8-31-14-18-5-3-9-34-25(18)15-31/h6-7,11-13,16,18,25H,3-5,8-10,14-15H2,1-2H3,(H,28,29,30). The zero-order chi connectivity index (χ0) is 23.5. The number of rotatable bonds is 8. The average Bonchev–Trinajstić information content (AvgIpc) is 3.27. The van der Waals surface area contributed by atoms with Crippen LogP contribution in [0.3, 0.4) is 0 Å². The van der Waals surface area contributed by atoms with Gasteiger partial charge in [-0.3, -0.25) is 0 Å². The van der Waals surface area contributed by atoms with Crippen molar-refractivity contribution < 1.29 is 18.6 Å². The van der Waals surface area contributed by atoms with Gasteiger partial charge in [-0.25, -0.2) is 14.4 Å². The molecular formula is C26H31FN4O3. The number of ether oxygens (including phenoxy) is 3. The minimum absolute atomic E-state index is 0.237. The van der Waals surface area contributed by atoms with E-state index in [9.17, 15) is 4.39 Å². The average molecular weight is 467 g/mol. The van der Waals surface area contributed by atoms with Crippen LogP contribution < -0.4 is 14.8 Å². The first kappa shape index (κ1) is 22.8. The smallest absolute Gasteiger partial charge is 0.162 e. The van der Waals surface area contributed by atoms with Crippen LogP contribution in [0, 0.1) is 18.7 Å². The highest BCUT2D eigenvalue weighted by Crippen LogP contribution is 2.35. The number of fused-ring (bicyclic) bond motifs is 2. The molecule has 5 rings (SSSR count). The first-order chi connectivity index (χ1) is 16.6. The minimum atomic E-state index is -0.237. The summed E-state index contributed by atoms with van der Waals surface area (Å²) in [5, 5.41) is 4.08. The Hall–Kier alpha value is -2.97. The summed E-state index contributed by atoms with van der Waals surface area (Å²) in [6.45, 7) is 6.37. The molecule has 2 aliphatic rings. The van der Waals surface area contributed by atoms with E-state index in [0.717, 1.165) is 49.3 Å². The Balaban J connectivity index is 1.27. The SMILES string of the molecule is COc1cc2ncnc(Nc3ccc(F)c(C)c3)c2cc1OCCCN1CC2CCCOC2C1. The molecule has 2 aliphatic heterocycles. The van der Waals surface area contributed by atoms with Gasteiger partial charge in [0, 0.05) is 43.4 Å². The van der Waals surface area contributed by atoms with Gasteiger partial charge < -0.3 is 24.4 Å². The number of anilines is 2. The second kappa shape index (κ2) is 10.1. The predicted octanol–water partition coefficient (Wildman–Crippen LogP) is 4.71. The Morgan fingerprint density at radius 3 is 2.91 bits per heavy atom. The zero-order valence-corrected chi connectivity index (χ0v) is 19.7. The largest absolute Gasteiger partial charge is 0.493 e. The van der Waals surface area contributed by atoms with E-state index in [4.69, 9.17) is 14.2 Å². The van der Waals surface area contributed by atoms with Crippen LogP contribution in [0.25, 0.3) is 10.9 Å². The lowest BCUT2D eigenvalue weighted by molar-refractivity contribution is -0.00113. The van der Waals surface area contributed by atoms with E-state index in [0.29, 0.717) is 41.5 Å². The van der Waals surface area contributed by atoms with Crippen LogP contribution in [0.1, 0.15) is 24.8 Å². The number of nitrogens with one attached hydrogen (secondary N) is 1. The summed E-state index contributed by atoms with van der Waals surface area (Å²) < 4.78 is 31.3. The van der Waals surface area contributed by atoms with Crippen LogP contribution >= 0.6 is 0 Å². The van der Waals surface area contributed by atoms with Gasteiger partial charge in [-0.15, -0.1) is 0 Å². The molecule has 0 radical (unpaired) electrons. The molecule has 3 aromatic rings. The highest BCUT2D eigenvalue weighted by molar-refractivity contribution is 5.93. The number of aromatic nitrogens is 2. The Morgan fingerprint density at radius 1 is 1.18 bits per heavy atom. The predicted molar refractivity (Wildman–Crippen MR) is 130 cm³/mol. The molecule has 0 amide bonds. The molecule has 0 spiro atoms. The molecule has 2 fully saturated rings. The van der Waals surface area contributed by atoms with Crippen LogP contribution in [-0.2, 0) is 4.74 Å². The number of halogens is 1. The number of benzene rings is 2. The summed E-state index contributed by atoms with van der Waals surface area (Å²) in [6.07, 6.45) is 5.29. The molecule has 2 aromatic carbocycles. The Bertz CT molecular complexity index is 1140. The molecule has 180 valence electrons. The van der Waals surface area contributed by atoms with Crippen molar-refractivity contribution >= 4 is 22.4 Å². The van der Waals surface area contributed by atoms with Crippen molar-refractivity contribution in [3.05, 3.63) is 48.0 Å². The van der Waals surface area contributed by atoms with Gasteiger partial charge in [-0.05, 0) is 61.9 Å². The summed E-state index contributed by atoms with van der Waals surface area (Å²) in [4.78, 5) is 11.3. The quantitative estimate of drug-likeness (QED) is 0.482. The lowest BCUT2D eigenvalue weighted by Crippen LogP contribution is -2.28. The summed E-state index contributed by atoms with van der Waals surface area (Å²) in [5.74, 6) is 2.37. The fraction of sp³-hybridized carbons (Fsp3) is 0.462. The highest BCUT2D eigenvalue weighted by atomic mass is 19.1. The fourth-order valence-corrected chi connectivity index (χ4v) is 4.92. The van der Waals surface area contributed by atoms with Gasteiger partial charge in [0.2, 0.25) is 0 Å². The van der Waals surface area contributed by atoms with Crippen molar-refractivity contribution in [2.45, 2.75) is 32.3 Å². The molecule has 3 heterocycles. The molecule has 8 heteroatoms. The summed E-state index contributed by atoms with van der Waals surface area (Å²) in [5.41, 5.74) is 2.06. The van der Waals surface area contributed by atoms with Crippen LogP contribution in [0.5, 0.6) is 11.5 Å². The number of nitrogens with zero attached hydrogens (tertiary/aromatic N) is 3. The molecule has 1 N–H and O–H groups in total.